The Labute approximate surface area is 107 Å². The summed E-state index contributed by atoms with van der Waals surface area (Å²) in [6, 6.07) is 0.0281. The quantitative estimate of drug-likeness (QED) is 0.424. The molecular weight excluding hydrogens is 321 g/mol. The standard InChI is InChI=1S/C9H14IN5O/c1-5(3-6(11)12)15(2)8-7(10)9(16)14-4-13-8/h4-5H,3H2,1-2H3,(H3,11,12)(H,13,14,16). The van der Waals surface area contributed by atoms with Gasteiger partial charge in [-0.15, -0.1) is 0 Å². The first-order chi connectivity index (χ1) is 7.43. The minimum Gasteiger partial charge on any atom is -0.388 e. The van der Waals surface area contributed by atoms with Crippen LogP contribution in [0.15, 0.2) is 11.1 Å². The van der Waals surface area contributed by atoms with Crippen molar-refractivity contribution in [3.8, 4) is 0 Å². The minimum atomic E-state index is -0.160. The fourth-order valence-electron chi connectivity index (χ4n) is 1.28. The zero-order valence-electron chi connectivity index (χ0n) is 9.12. The van der Waals surface area contributed by atoms with E-state index in [1.807, 2.05) is 41.5 Å². The number of nitrogens with zero attached hydrogens (tertiary/aromatic N) is 2. The maximum atomic E-state index is 11.4. The van der Waals surface area contributed by atoms with Crippen molar-refractivity contribution in [2.45, 2.75) is 19.4 Å². The van der Waals surface area contributed by atoms with Gasteiger partial charge in [-0.3, -0.25) is 10.2 Å². The molecule has 7 heteroatoms. The van der Waals surface area contributed by atoms with Crippen molar-refractivity contribution in [2.24, 2.45) is 5.73 Å². The van der Waals surface area contributed by atoms with E-state index in [1.54, 1.807) is 0 Å². The average Bonchev–Trinajstić information content (AvgIpc) is 2.20. The number of H-pyrrole nitrogens is 1. The third kappa shape index (κ3) is 2.94. The molecule has 0 fully saturated rings. The van der Waals surface area contributed by atoms with Gasteiger partial charge in [0.2, 0.25) is 0 Å². The van der Waals surface area contributed by atoms with Gasteiger partial charge in [-0.05, 0) is 29.5 Å². The van der Waals surface area contributed by atoms with Gasteiger partial charge in [-0.25, -0.2) is 4.98 Å². The number of rotatable bonds is 4. The van der Waals surface area contributed by atoms with Gasteiger partial charge in [0, 0.05) is 19.5 Å². The van der Waals surface area contributed by atoms with Gasteiger partial charge in [0.1, 0.15) is 9.39 Å². The summed E-state index contributed by atoms with van der Waals surface area (Å²) in [6.07, 6.45) is 1.82. The minimum absolute atomic E-state index is 0.0281. The van der Waals surface area contributed by atoms with Gasteiger partial charge >= 0.3 is 0 Å². The molecule has 0 saturated carbocycles. The summed E-state index contributed by atoms with van der Waals surface area (Å²) >= 11 is 1.95. The molecule has 1 atom stereocenters. The molecule has 1 aromatic rings. The van der Waals surface area contributed by atoms with E-state index in [9.17, 15) is 4.79 Å². The predicted octanol–water partition coefficient (Wildman–Crippen LogP) is 0.525. The summed E-state index contributed by atoms with van der Waals surface area (Å²) in [4.78, 5) is 19.9. The van der Waals surface area contributed by atoms with Crippen LogP contribution in [0.3, 0.4) is 0 Å². The zero-order valence-corrected chi connectivity index (χ0v) is 11.3. The smallest absolute Gasteiger partial charge is 0.266 e. The first-order valence-electron chi connectivity index (χ1n) is 4.72. The number of halogens is 1. The number of anilines is 1. The third-order valence-electron chi connectivity index (χ3n) is 2.29. The molecule has 0 aliphatic heterocycles. The lowest BCUT2D eigenvalue weighted by atomic mass is 10.2. The number of hydrogen-bond acceptors (Lipinski definition) is 4. The Morgan fingerprint density at radius 1 is 1.81 bits per heavy atom. The molecule has 88 valence electrons. The predicted molar refractivity (Wildman–Crippen MR) is 72.0 cm³/mol. The molecule has 0 radical (unpaired) electrons. The Balaban J connectivity index is 2.96. The highest BCUT2D eigenvalue weighted by Gasteiger charge is 2.16. The second-order valence-electron chi connectivity index (χ2n) is 3.56. The molecule has 0 bridgehead atoms. The van der Waals surface area contributed by atoms with Crippen molar-refractivity contribution in [1.29, 1.82) is 5.41 Å². The van der Waals surface area contributed by atoms with Gasteiger partial charge in [-0.2, -0.15) is 0 Å². The average molecular weight is 335 g/mol. The molecular formula is C9H14IN5O. The summed E-state index contributed by atoms with van der Waals surface area (Å²) in [6.45, 7) is 1.93. The first kappa shape index (κ1) is 12.9. The van der Waals surface area contributed by atoms with Crippen molar-refractivity contribution < 1.29 is 0 Å². The molecule has 1 heterocycles. The molecule has 0 spiro atoms. The van der Waals surface area contributed by atoms with Crippen molar-refractivity contribution in [2.75, 3.05) is 11.9 Å². The Hall–Kier alpha value is -1.12. The van der Waals surface area contributed by atoms with Gasteiger partial charge in [-0.1, -0.05) is 0 Å². The molecule has 0 amide bonds. The lowest BCUT2D eigenvalue weighted by molar-refractivity contribution is 0.696. The number of aromatic nitrogens is 2. The number of aromatic amines is 1. The lowest BCUT2D eigenvalue weighted by Gasteiger charge is -2.25. The van der Waals surface area contributed by atoms with Crippen molar-refractivity contribution in [3.05, 3.63) is 20.3 Å². The largest absolute Gasteiger partial charge is 0.388 e. The van der Waals surface area contributed by atoms with E-state index in [-0.39, 0.29) is 17.4 Å². The van der Waals surface area contributed by atoms with Gasteiger partial charge in [0.05, 0.1) is 12.2 Å². The second kappa shape index (κ2) is 5.28. The summed E-state index contributed by atoms with van der Waals surface area (Å²) in [5.41, 5.74) is 5.18. The van der Waals surface area contributed by atoms with E-state index in [0.29, 0.717) is 15.8 Å². The van der Waals surface area contributed by atoms with Crippen molar-refractivity contribution in [3.63, 3.8) is 0 Å². The first-order valence-corrected chi connectivity index (χ1v) is 5.80. The van der Waals surface area contributed by atoms with Crippen LogP contribution in [-0.2, 0) is 0 Å². The van der Waals surface area contributed by atoms with Crippen LogP contribution < -0.4 is 16.2 Å². The van der Waals surface area contributed by atoms with Crippen molar-refractivity contribution in [1.82, 2.24) is 9.97 Å². The topological polar surface area (TPSA) is 98.9 Å². The van der Waals surface area contributed by atoms with Crippen LogP contribution in [0, 0.1) is 8.98 Å². The van der Waals surface area contributed by atoms with E-state index in [4.69, 9.17) is 11.1 Å². The van der Waals surface area contributed by atoms with Crippen molar-refractivity contribution >= 4 is 34.2 Å². The van der Waals surface area contributed by atoms with Crippen LogP contribution in [0.4, 0.5) is 5.82 Å². The molecule has 1 unspecified atom stereocenters. The van der Waals surface area contributed by atoms with Crippen LogP contribution in [0.25, 0.3) is 0 Å². The molecule has 16 heavy (non-hydrogen) atoms. The highest BCUT2D eigenvalue weighted by atomic mass is 127. The number of hydrogen-bond donors (Lipinski definition) is 3. The van der Waals surface area contributed by atoms with Crippen LogP contribution in [-0.4, -0.2) is 28.9 Å². The monoisotopic (exact) mass is 335 g/mol. The fourth-order valence-corrected chi connectivity index (χ4v) is 1.96. The Kier molecular flexibility index (Phi) is 4.27. The highest BCUT2D eigenvalue weighted by molar-refractivity contribution is 14.1. The maximum Gasteiger partial charge on any atom is 0.266 e. The zero-order chi connectivity index (χ0) is 12.3. The number of amidine groups is 1. The highest BCUT2D eigenvalue weighted by Crippen LogP contribution is 2.17. The molecule has 1 aromatic heterocycles. The molecule has 0 saturated heterocycles. The SMILES string of the molecule is CC(CC(=N)N)N(C)c1nc[nH]c(=O)c1I. The second-order valence-corrected chi connectivity index (χ2v) is 4.64. The molecule has 0 aromatic carbocycles. The molecule has 1 rings (SSSR count). The Bertz CT molecular complexity index is 444. The van der Waals surface area contributed by atoms with Crippen LogP contribution in [0.1, 0.15) is 13.3 Å². The summed E-state index contributed by atoms with van der Waals surface area (Å²) < 4.78 is 0.540. The Morgan fingerprint density at radius 3 is 3.00 bits per heavy atom. The molecule has 0 aliphatic carbocycles. The Morgan fingerprint density at radius 2 is 2.44 bits per heavy atom. The maximum absolute atomic E-state index is 11.4. The van der Waals surface area contributed by atoms with E-state index in [1.165, 1.54) is 6.33 Å². The normalized spacial score (nSPS) is 12.2. The lowest BCUT2D eigenvalue weighted by Crippen LogP contribution is -2.35. The third-order valence-corrected chi connectivity index (χ3v) is 3.26. The number of nitrogens with one attached hydrogen (secondary N) is 2. The number of nitrogens with two attached hydrogens (primary N) is 1. The summed E-state index contributed by atoms with van der Waals surface area (Å²) in [7, 11) is 1.83. The van der Waals surface area contributed by atoms with E-state index in [2.05, 4.69) is 9.97 Å². The van der Waals surface area contributed by atoms with Crippen LogP contribution in [0.2, 0.25) is 0 Å². The molecule has 0 aliphatic rings. The van der Waals surface area contributed by atoms with Gasteiger partial charge < -0.3 is 15.6 Å². The summed E-state index contributed by atoms with van der Waals surface area (Å²) in [5, 5.41) is 7.24. The molecule has 4 N–H and O–H groups in total. The fraction of sp³-hybridized carbons (Fsp3) is 0.444. The van der Waals surface area contributed by atoms with E-state index < -0.39 is 0 Å². The molecule has 6 nitrogen and oxygen atoms in total. The van der Waals surface area contributed by atoms with Crippen LogP contribution in [0.5, 0.6) is 0 Å². The van der Waals surface area contributed by atoms with Gasteiger partial charge in [0.25, 0.3) is 5.56 Å². The van der Waals surface area contributed by atoms with Crippen LogP contribution >= 0.6 is 22.6 Å². The van der Waals surface area contributed by atoms with E-state index >= 15 is 0 Å². The van der Waals surface area contributed by atoms with E-state index in [0.717, 1.165) is 0 Å². The summed E-state index contributed by atoms with van der Waals surface area (Å²) in [5.74, 6) is 0.734. The van der Waals surface area contributed by atoms with Gasteiger partial charge in [0.15, 0.2) is 0 Å².